The highest BCUT2D eigenvalue weighted by atomic mass is 16.7. The van der Waals surface area contributed by atoms with Gasteiger partial charge in [-0.2, -0.15) is 0 Å². The second kappa shape index (κ2) is 4.49. The van der Waals surface area contributed by atoms with Crippen LogP contribution in [0.3, 0.4) is 0 Å². The summed E-state index contributed by atoms with van der Waals surface area (Å²) in [5.74, 6) is 0. The smallest absolute Gasteiger partial charge is 0.181 e. The van der Waals surface area contributed by atoms with Crippen molar-refractivity contribution in [1.82, 2.24) is 0 Å². The van der Waals surface area contributed by atoms with Gasteiger partial charge in [-0.15, -0.1) is 0 Å². The van der Waals surface area contributed by atoms with Crippen LogP contribution in [0.1, 0.15) is 0 Å². The van der Waals surface area contributed by atoms with Gasteiger partial charge < -0.3 is 14.6 Å². The Bertz CT molecular complexity index is 86.3. The van der Waals surface area contributed by atoms with E-state index in [9.17, 15) is 0 Å². The number of aliphatic hydroxyl groups is 1. The molecule has 0 heterocycles. The summed E-state index contributed by atoms with van der Waals surface area (Å²) in [5.41, 5.74) is 0.528. The zero-order chi connectivity index (χ0) is 7.28. The molecule has 0 fully saturated rings. The summed E-state index contributed by atoms with van der Waals surface area (Å²) >= 11 is 0. The van der Waals surface area contributed by atoms with Gasteiger partial charge in [-0.25, -0.2) is 0 Å². The average Bonchev–Trinajstić information content (AvgIpc) is 1.90. The van der Waals surface area contributed by atoms with E-state index in [0.29, 0.717) is 5.57 Å². The summed E-state index contributed by atoms with van der Waals surface area (Å²) in [7, 11) is 2.99. The number of hydrogen-bond acceptors (Lipinski definition) is 3. The summed E-state index contributed by atoms with van der Waals surface area (Å²) in [6.07, 6.45) is -0.477. The third kappa shape index (κ3) is 2.60. The van der Waals surface area contributed by atoms with E-state index in [2.05, 4.69) is 6.58 Å². The number of aliphatic hydroxyl groups excluding tert-OH is 1. The highest BCUT2D eigenvalue weighted by Crippen LogP contribution is 2.01. The van der Waals surface area contributed by atoms with Crippen LogP contribution < -0.4 is 0 Å². The number of hydrogen-bond donors (Lipinski definition) is 1. The quantitative estimate of drug-likeness (QED) is 0.437. The minimum absolute atomic E-state index is 0.105. The van der Waals surface area contributed by atoms with Crippen LogP contribution in [0.25, 0.3) is 0 Å². The third-order valence-electron chi connectivity index (χ3n) is 0.965. The van der Waals surface area contributed by atoms with Crippen molar-refractivity contribution in [3.8, 4) is 0 Å². The molecule has 0 radical (unpaired) electrons. The Morgan fingerprint density at radius 3 is 2.11 bits per heavy atom. The van der Waals surface area contributed by atoms with Crippen molar-refractivity contribution in [3.63, 3.8) is 0 Å². The van der Waals surface area contributed by atoms with Gasteiger partial charge in [0.2, 0.25) is 0 Å². The Kier molecular flexibility index (Phi) is 4.30. The van der Waals surface area contributed by atoms with E-state index in [1.54, 1.807) is 0 Å². The first-order valence-electron chi connectivity index (χ1n) is 2.60. The Morgan fingerprint density at radius 2 is 2.00 bits per heavy atom. The predicted octanol–water partition coefficient (Wildman–Crippen LogP) is 0.154. The zero-order valence-corrected chi connectivity index (χ0v) is 5.76. The van der Waals surface area contributed by atoms with Gasteiger partial charge in [0.1, 0.15) is 0 Å². The maximum Gasteiger partial charge on any atom is 0.181 e. The lowest BCUT2D eigenvalue weighted by Gasteiger charge is -2.13. The average molecular weight is 132 g/mol. The molecular weight excluding hydrogens is 120 g/mol. The van der Waals surface area contributed by atoms with Crippen molar-refractivity contribution >= 4 is 0 Å². The minimum atomic E-state index is -0.477. The van der Waals surface area contributed by atoms with Crippen molar-refractivity contribution in [2.45, 2.75) is 6.29 Å². The lowest BCUT2D eigenvalue weighted by atomic mass is 10.3. The van der Waals surface area contributed by atoms with Gasteiger partial charge in [-0.05, 0) is 0 Å². The van der Waals surface area contributed by atoms with E-state index in [1.165, 1.54) is 14.2 Å². The van der Waals surface area contributed by atoms with Crippen LogP contribution in [0.2, 0.25) is 0 Å². The second-order valence-electron chi connectivity index (χ2n) is 1.62. The van der Waals surface area contributed by atoms with E-state index in [1.807, 2.05) is 0 Å². The first-order chi connectivity index (χ1) is 4.26. The molecule has 0 aliphatic carbocycles. The fraction of sp³-hybridized carbons (Fsp3) is 0.667. The van der Waals surface area contributed by atoms with Crippen LogP contribution in [-0.4, -0.2) is 32.2 Å². The molecule has 0 spiro atoms. The van der Waals surface area contributed by atoms with Crippen molar-refractivity contribution in [2.75, 3.05) is 20.8 Å². The lowest BCUT2D eigenvalue weighted by Crippen LogP contribution is -2.17. The number of ether oxygens (including phenoxy) is 2. The predicted molar refractivity (Wildman–Crippen MR) is 34.0 cm³/mol. The number of rotatable bonds is 4. The molecule has 0 aliphatic rings. The monoisotopic (exact) mass is 132 g/mol. The highest BCUT2D eigenvalue weighted by molar-refractivity contribution is 4.97. The fourth-order valence-electron chi connectivity index (χ4n) is 0.504. The molecule has 0 saturated carbocycles. The van der Waals surface area contributed by atoms with Crippen LogP contribution in [-0.2, 0) is 9.47 Å². The Labute approximate surface area is 54.9 Å². The van der Waals surface area contributed by atoms with Crippen molar-refractivity contribution in [3.05, 3.63) is 12.2 Å². The van der Waals surface area contributed by atoms with Crippen LogP contribution in [0, 0.1) is 0 Å². The first kappa shape index (κ1) is 8.62. The van der Waals surface area contributed by atoms with E-state index in [-0.39, 0.29) is 6.61 Å². The van der Waals surface area contributed by atoms with Crippen LogP contribution >= 0.6 is 0 Å². The molecule has 0 aromatic rings. The molecular formula is C6H12O3. The summed E-state index contributed by atoms with van der Waals surface area (Å²) in [4.78, 5) is 0. The topological polar surface area (TPSA) is 38.7 Å². The maximum atomic E-state index is 8.51. The minimum Gasteiger partial charge on any atom is -0.392 e. The van der Waals surface area contributed by atoms with Crippen LogP contribution in [0.4, 0.5) is 0 Å². The van der Waals surface area contributed by atoms with Gasteiger partial charge in [-0.1, -0.05) is 6.58 Å². The molecule has 0 saturated heterocycles. The van der Waals surface area contributed by atoms with Gasteiger partial charge in [0.25, 0.3) is 0 Å². The molecule has 0 aliphatic heterocycles. The van der Waals surface area contributed by atoms with Gasteiger partial charge in [0, 0.05) is 19.8 Å². The summed E-state index contributed by atoms with van der Waals surface area (Å²) in [6.45, 7) is 3.41. The molecule has 0 bridgehead atoms. The largest absolute Gasteiger partial charge is 0.392 e. The molecule has 9 heavy (non-hydrogen) atoms. The molecule has 0 atom stereocenters. The Balaban J connectivity index is 3.64. The Hall–Kier alpha value is -0.380. The highest BCUT2D eigenvalue weighted by Gasteiger charge is 2.06. The SMILES string of the molecule is C=C(CO)C(OC)OC. The van der Waals surface area contributed by atoms with Crippen molar-refractivity contribution in [2.24, 2.45) is 0 Å². The van der Waals surface area contributed by atoms with E-state index in [4.69, 9.17) is 14.6 Å². The van der Waals surface area contributed by atoms with Gasteiger partial charge in [0.15, 0.2) is 6.29 Å². The molecule has 3 nitrogen and oxygen atoms in total. The first-order valence-corrected chi connectivity index (χ1v) is 2.60. The molecule has 0 rings (SSSR count). The summed E-state index contributed by atoms with van der Waals surface area (Å²) in [5, 5.41) is 8.51. The molecule has 0 aromatic heterocycles. The Morgan fingerprint density at radius 1 is 1.56 bits per heavy atom. The van der Waals surface area contributed by atoms with Crippen molar-refractivity contribution in [1.29, 1.82) is 0 Å². The molecule has 0 amide bonds. The van der Waals surface area contributed by atoms with E-state index >= 15 is 0 Å². The molecule has 54 valence electrons. The molecule has 0 unspecified atom stereocenters. The lowest BCUT2D eigenvalue weighted by molar-refractivity contribution is -0.0791. The van der Waals surface area contributed by atoms with E-state index in [0.717, 1.165) is 0 Å². The third-order valence-corrected chi connectivity index (χ3v) is 0.965. The standard InChI is InChI=1S/C6H12O3/c1-5(4-7)6(8-2)9-3/h6-7H,1,4H2,2-3H3. The number of methoxy groups -OCH3 is 2. The van der Waals surface area contributed by atoms with Crippen molar-refractivity contribution < 1.29 is 14.6 Å². The van der Waals surface area contributed by atoms with Crippen LogP contribution in [0.5, 0.6) is 0 Å². The van der Waals surface area contributed by atoms with Crippen LogP contribution in [0.15, 0.2) is 12.2 Å². The molecule has 0 aromatic carbocycles. The maximum absolute atomic E-state index is 8.51. The summed E-state index contributed by atoms with van der Waals surface area (Å²) < 4.78 is 9.54. The van der Waals surface area contributed by atoms with Gasteiger partial charge >= 0.3 is 0 Å². The van der Waals surface area contributed by atoms with E-state index < -0.39 is 6.29 Å². The fourth-order valence-corrected chi connectivity index (χ4v) is 0.504. The van der Waals surface area contributed by atoms with Gasteiger partial charge in [-0.3, -0.25) is 0 Å². The summed E-state index contributed by atoms with van der Waals surface area (Å²) in [6, 6.07) is 0. The normalized spacial score (nSPS) is 10.2. The van der Waals surface area contributed by atoms with Gasteiger partial charge in [0.05, 0.1) is 6.61 Å². The zero-order valence-electron chi connectivity index (χ0n) is 5.76. The second-order valence-corrected chi connectivity index (χ2v) is 1.62. The molecule has 1 N–H and O–H groups in total. The molecule has 3 heteroatoms.